The van der Waals surface area contributed by atoms with E-state index in [0.29, 0.717) is 6.54 Å². The van der Waals surface area contributed by atoms with E-state index in [1.54, 1.807) is 0 Å². The molecule has 6 heteroatoms. The average Bonchev–Trinajstić information content (AvgIpc) is 2.76. The molecule has 0 radical (unpaired) electrons. The first-order valence-corrected chi connectivity index (χ1v) is 5.49. The lowest BCUT2D eigenvalue weighted by Crippen LogP contribution is -2.40. The van der Waals surface area contributed by atoms with Crippen molar-refractivity contribution < 1.29 is 9.59 Å². The number of carbonyl (C=O) groups excluding carboxylic acids is 2. The molecular weight excluding hydrogens is 230 g/mol. The Morgan fingerprint density at radius 2 is 2.12 bits per heavy atom. The Kier molecular flexibility index (Phi) is 7.93. The Morgan fingerprint density at radius 3 is 2.69 bits per heavy atom. The number of hydrogen-bond donors (Lipinski definition) is 3. The summed E-state index contributed by atoms with van der Waals surface area (Å²) in [6, 6.07) is 0. The molecule has 1 aliphatic heterocycles. The molecule has 0 unspecified atom stereocenters. The van der Waals surface area contributed by atoms with Gasteiger partial charge >= 0.3 is 0 Å². The van der Waals surface area contributed by atoms with Crippen molar-refractivity contribution in [2.75, 3.05) is 26.2 Å². The van der Waals surface area contributed by atoms with Gasteiger partial charge in [0.05, 0.1) is 12.5 Å². The highest BCUT2D eigenvalue weighted by atomic mass is 35.5. The lowest BCUT2D eigenvalue weighted by Gasteiger charge is -2.09. The highest BCUT2D eigenvalue weighted by Crippen LogP contribution is 2.06. The van der Waals surface area contributed by atoms with Gasteiger partial charge < -0.3 is 16.0 Å². The standard InChI is InChI=1S/C10H19N3O2.ClH/c1-2-4-12-9(14)7-13-10(15)8-3-5-11-6-8;/h8,11H,2-7H2,1H3,(H,12,14)(H,13,15);1H/t8-;/m1./s1. The zero-order valence-electron chi connectivity index (χ0n) is 9.54. The smallest absolute Gasteiger partial charge is 0.239 e. The molecule has 1 fully saturated rings. The van der Waals surface area contributed by atoms with Gasteiger partial charge in [0.2, 0.25) is 11.8 Å². The van der Waals surface area contributed by atoms with Crippen LogP contribution in [0.5, 0.6) is 0 Å². The lowest BCUT2D eigenvalue weighted by molar-refractivity contribution is -0.128. The van der Waals surface area contributed by atoms with E-state index in [4.69, 9.17) is 0 Å². The Morgan fingerprint density at radius 1 is 1.38 bits per heavy atom. The molecule has 3 N–H and O–H groups in total. The maximum atomic E-state index is 11.5. The molecule has 0 spiro atoms. The molecule has 0 aromatic rings. The first-order chi connectivity index (χ1) is 7.24. The summed E-state index contributed by atoms with van der Waals surface area (Å²) in [4.78, 5) is 22.7. The topological polar surface area (TPSA) is 70.2 Å². The fourth-order valence-corrected chi connectivity index (χ4v) is 1.52. The zero-order valence-corrected chi connectivity index (χ0v) is 10.4. The van der Waals surface area contributed by atoms with Crippen LogP contribution in [-0.2, 0) is 9.59 Å². The number of amides is 2. The average molecular weight is 250 g/mol. The molecule has 0 saturated carbocycles. The molecule has 16 heavy (non-hydrogen) atoms. The van der Waals surface area contributed by atoms with Crippen molar-refractivity contribution in [2.24, 2.45) is 5.92 Å². The van der Waals surface area contributed by atoms with Crippen molar-refractivity contribution in [1.82, 2.24) is 16.0 Å². The zero-order chi connectivity index (χ0) is 11.1. The molecule has 0 aromatic heterocycles. The molecule has 0 aliphatic carbocycles. The summed E-state index contributed by atoms with van der Waals surface area (Å²) >= 11 is 0. The van der Waals surface area contributed by atoms with Crippen molar-refractivity contribution in [3.05, 3.63) is 0 Å². The van der Waals surface area contributed by atoms with E-state index in [2.05, 4.69) is 16.0 Å². The van der Waals surface area contributed by atoms with Gasteiger partial charge in [-0.3, -0.25) is 9.59 Å². The molecular formula is C10H20ClN3O2. The summed E-state index contributed by atoms with van der Waals surface area (Å²) < 4.78 is 0. The summed E-state index contributed by atoms with van der Waals surface area (Å²) in [5.41, 5.74) is 0. The Balaban J connectivity index is 0.00000225. The van der Waals surface area contributed by atoms with Crippen molar-refractivity contribution in [2.45, 2.75) is 19.8 Å². The largest absolute Gasteiger partial charge is 0.355 e. The van der Waals surface area contributed by atoms with Crippen molar-refractivity contribution in [3.8, 4) is 0 Å². The van der Waals surface area contributed by atoms with Crippen molar-refractivity contribution in [3.63, 3.8) is 0 Å². The van der Waals surface area contributed by atoms with Gasteiger partial charge in [0, 0.05) is 13.1 Å². The highest BCUT2D eigenvalue weighted by molar-refractivity contribution is 5.86. The van der Waals surface area contributed by atoms with Gasteiger partial charge in [-0.2, -0.15) is 0 Å². The number of halogens is 1. The van der Waals surface area contributed by atoms with Crippen LogP contribution in [0.25, 0.3) is 0 Å². The molecule has 0 bridgehead atoms. The van der Waals surface area contributed by atoms with Crippen LogP contribution in [0.1, 0.15) is 19.8 Å². The van der Waals surface area contributed by atoms with Crippen LogP contribution < -0.4 is 16.0 Å². The van der Waals surface area contributed by atoms with Crippen LogP contribution in [0.4, 0.5) is 0 Å². The minimum Gasteiger partial charge on any atom is -0.355 e. The van der Waals surface area contributed by atoms with E-state index < -0.39 is 0 Å². The molecule has 94 valence electrons. The second-order valence-electron chi connectivity index (χ2n) is 3.76. The lowest BCUT2D eigenvalue weighted by atomic mass is 10.1. The third-order valence-electron chi connectivity index (χ3n) is 2.43. The van der Waals surface area contributed by atoms with Crippen LogP contribution in [-0.4, -0.2) is 38.0 Å². The Labute approximate surface area is 102 Å². The second-order valence-corrected chi connectivity index (χ2v) is 3.76. The minimum atomic E-state index is -0.115. The van der Waals surface area contributed by atoms with E-state index in [1.165, 1.54) is 0 Å². The third-order valence-corrected chi connectivity index (χ3v) is 2.43. The van der Waals surface area contributed by atoms with E-state index >= 15 is 0 Å². The van der Waals surface area contributed by atoms with Crippen molar-refractivity contribution in [1.29, 1.82) is 0 Å². The summed E-state index contributed by atoms with van der Waals surface area (Å²) in [6.07, 6.45) is 1.77. The Hall–Kier alpha value is -0.810. The van der Waals surface area contributed by atoms with E-state index in [-0.39, 0.29) is 36.7 Å². The predicted molar refractivity (Wildman–Crippen MR) is 64.5 cm³/mol. The van der Waals surface area contributed by atoms with Crippen LogP contribution in [0, 0.1) is 5.92 Å². The van der Waals surface area contributed by atoms with Crippen LogP contribution in [0.15, 0.2) is 0 Å². The normalized spacial score (nSPS) is 18.7. The van der Waals surface area contributed by atoms with Gasteiger partial charge in [-0.25, -0.2) is 0 Å². The Bertz CT molecular complexity index is 230. The number of rotatable bonds is 5. The third kappa shape index (κ3) is 5.32. The maximum absolute atomic E-state index is 11.5. The summed E-state index contributed by atoms with van der Waals surface area (Å²) in [5.74, 6) is -0.105. The predicted octanol–water partition coefficient (Wildman–Crippen LogP) is -0.340. The second kappa shape index (κ2) is 8.35. The number of nitrogens with one attached hydrogen (secondary N) is 3. The number of hydrogen-bond acceptors (Lipinski definition) is 3. The van der Waals surface area contributed by atoms with Crippen LogP contribution >= 0.6 is 12.4 Å². The molecule has 1 saturated heterocycles. The molecule has 2 amide bonds. The molecule has 1 atom stereocenters. The monoisotopic (exact) mass is 249 g/mol. The van der Waals surface area contributed by atoms with Gasteiger partial charge in [-0.05, 0) is 19.4 Å². The SMILES string of the molecule is CCCNC(=O)CNC(=O)[C@@H]1CCNC1.Cl. The maximum Gasteiger partial charge on any atom is 0.239 e. The first-order valence-electron chi connectivity index (χ1n) is 5.49. The molecule has 1 rings (SSSR count). The van der Waals surface area contributed by atoms with Crippen LogP contribution in [0.3, 0.4) is 0 Å². The molecule has 1 aliphatic rings. The van der Waals surface area contributed by atoms with E-state index in [1.807, 2.05) is 6.92 Å². The van der Waals surface area contributed by atoms with E-state index in [9.17, 15) is 9.59 Å². The van der Waals surface area contributed by atoms with Crippen LogP contribution in [0.2, 0.25) is 0 Å². The highest BCUT2D eigenvalue weighted by Gasteiger charge is 2.22. The quantitative estimate of drug-likeness (QED) is 0.624. The van der Waals surface area contributed by atoms with Gasteiger partial charge in [0.1, 0.15) is 0 Å². The molecule has 0 aromatic carbocycles. The van der Waals surface area contributed by atoms with Crippen molar-refractivity contribution >= 4 is 24.2 Å². The summed E-state index contributed by atoms with van der Waals surface area (Å²) in [5, 5.41) is 8.47. The van der Waals surface area contributed by atoms with Gasteiger partial charge in [-0.1, -0.05) is 6.92 Å². The van der Waals surface area contributed by atoms with Gasteiger partial charge in [0.15, 0.2) is 0 Å². The van der Waals surface area contributed by atoms with E-state index in [0.717, 1.165) is 25.9 Å². The minimum absolute atomic E-state index is 0. The number of carbonyl (C=O) groups is 2. The fourth-order valence-electron chi connectivity index (χ4n) is 1.52. The summed E-state index contributed by atoms with van der Waals surface area (Å²) in [7, 11) is 0. The molecule has 1 heterocycles. The summed E-state index contributed by atoms with van der Waals surface area (Å²) in [6.45, 7) is 4.36. The fraction of sp³-hybridized carbons (Fsp3) is 0.800. The molecule has 5 nitrogen and oxygen atoms in total. The van der Waals surface area contributed by atoms with Gasteiger partial charge in [-0.15, -0.1) is 12.4 Å². The van der Waals surface area contributed by atoms with Gasteiger partial charge in [0.25, 0.3) is 0 Å². The first kappa shape index (κ1) is 15.2.